The molecule has 5 rings (SSSR count). The summed E-state index contributed by atoms with van der Waals surface area (Å²) in [7, 11) is 0. The van der Waals surface area contributed by atoms with Crippen LogP contribution in [0.2, 0.25) is 0 Å². The fraction of sp³-hybridized carbons (Fsp3) is 0.250. The molecule has 0 radical (unpaired) electrons. The number of hydrogen-bond acceptors (Lipinski definition) is 6. The van der Waals surface area contributed by atoms with Crippen LogP contribution >= 0.6 is 0 Å². The molecule has 0 spiro atoms. The molecule has 5 N–H and O–H groups in total. The highest BCUT2D eigenvalue weighted by Crippen LogP contribution is 2.39. The maximum absolute atomic E-state index is 12.5. The maximum Gasteiger partial charge on any atom is 0.268 e. The molecule has 1 amide bonds. The first-order chi connectivity index (χ1) is 16.0. The molecule has 0 saturated heterocycles. The number of rotatable bonds is 6. The smallest absolute Gasteiger partial charge is 0.268 e. The summed E-state index contributed by atoms with van der Waals surface area (Å²) in [6.07, 6.45) is 7.61. The van der Waals surface area contributed by atoms with Gasteiger partial charge in [-0.3, -0.25) is 9.89 Å². The predicted molar refractivity (Wildman–Crippen MR) is 126 cm³/mol. The Hall–Kier alpha value is -3.98. The second-order valence-electron chi connectivity index (χ2n) is 8.38. The van der Waals surface area contributed by atoms with Crippen molar-refractivity contribution in [3.8, 4) is 0 Å². The third-order valence-electron chi connectivity index (χ3n) is 5.94. The van der Waals surface area contributed by atoms with Crippen molar-refractivity contribution < 1.29 is 9.90 Å². The summed E-state index contributed by atoms with van der Waals surface area (Å²) in [5, 5.41) is 23.3. The molecule has 3 aromatic heterocycles. The zero-order valence-corrected chi connectivity index (χ0v) is 18.3. The molecule has 0 aliphatic heterocycles. The van der Waals surface area contributed by atoms with E-state index in [2.05, 4.69) is 43.8 Å². The molecule has 9 heteroatoms. The Morgan fingerprint density at radius 3 is 3.00 bits per heavy atom. The average molecular weight is 444 g/mol. The van der Waals surface area contributed by atoms with Crippen molar-refractivity contribution in [3.05, 3.63) is 71.6 Å². The molecule has 0 bridgehead atoms. The van der Waals surface area contributed by atoms with E-state index in [4.69, 9.17) is 4.98 Å². The molecule has 0 saturated carbocycles. The summed E-state index contributed by atoms with van der Waals surface area (Å²) in [5.74, 6) is 1.19. The number of aromatic amines is 2. The molecule has 3 heterocycles. The van der Waals surface area contributed by atoms with Gasteiger partial charge in [-0.15, -0.1) is 0 Å². The van der Waals surface area contributed by atoms with Crippen LogP contribution in [0.15, 0.2) is 48.8 Å². The van der Waals surface area contributed by atoms with Crippen LogP contribution in [0.25, 0.3) is 17.0 Å². The summed E-state index contributed by atoms with van der Waals surface area (Å²) in [6.45, 7) is 3.74. The van der Waals surface area contributed by atoms with Crippen LogP contribution in [0, 0.1) is 0 Å². The van der Waals surface area contributed by atoms with Crippen LogP contribution in [0.5, 0.6) is 0 Å². The lowest BCUT2D eigenvalue weighted by Crippen LogP contribution is -2.35. The topological polar surface area (TPSA) is 132 Å². The Kier molecular flexibility index (Phi) is 5.39. The number of aliphatic hydroxyl groups is 1. The number of amides is 1. The number of allylic oxidation sites excluding steroid dienone is 1. The van der Waals surface area contributed by atoms with E-state index >= 15 is 0 Å². The van der Waals surface area contributed by atoms with E-state index in [1.165, 1.54) is 0 Å². The molecule has 3 atom stereocenters. The Morgan fingerprint density at radius 2 is 2.15 bits per heavy atom. The quantitative estimate of drug-likeness (QED) is 0.310. The van der Waals surface area contributed by atoms with Gasteiger partial charge in [0.25, 0.3) is 5.91 Å². The van der Waals surface area contributed by atoms with E-state index in [9.17, 15) is 9.90 Å². The summed E-state index contributed by atoms with van der Waals surface area (Å²) >= 11 is 0. The highest BCUT2D eigenvalue weighted by atomic mass is 16.3. The maximum atomic E-state index is 12.5. The van der Waals surface area contributed by atoms with Crippen molar-refractivity contribution >= 4 is 34.4 Å². The van der Waals surface area contributed by atoms with Crippen molar-refractivity contribution in [2.75, 3.05) is 11.9 Å². The molecule has 0 fully saturated rings. The fourth-order valence-corrected chi connectivity index (χ4v) is 4.11. The molecule has 33 heavy (non-hydrogen) atoms. The Morgan fingerprint density at radius 1 is 1.27 bits per heavy atom. The lowest BCUT2D eigenvalue weighted by atomic mass is 9.84. The molecule has 3 unspecified atom stereocenters. The molecule has 4 aromatic rings. The van der Waals surface area contributed by atoms with Crippen molar-refractivity contribution in [2.24, 2.45) is 0 Å². The highest BCUT2D eigenvalue weighted by Gasteiger charge is 2.29. The first-order valence-electron chi connectivity index (χ1n) is 10.9. The largest absolute Gasteiger partial charge is 0.394 e. The van der Waals surface area contributed by atoms with Gasteiger partial charge in [0.1, 0.15) is 17.3 Å². The Bertz CT molecular complexity index is 1340. The third kappa shape index (κ3) is 4.10. The van der Waals surface area contributed by atoms with Gasteiger partial charge in [-0.25, -0.2) is 9.97 Å². The number of carbonyl (C=O) groups excluding carboxylic acids is 1. The summed E-state index contributed by atoms with van der Waals surface area (Å²) < 4.78 is 0. The van der Waals surface area contributed by atoms with Crippen molar-refractivity contribution in [1.82, 2.24) is 30.5 Å². The van der Waals surface area contributed by atoms with Gasteiger partial charge in [0.2, 0.25) is 0 Å². The van der Waals surface area contributed by atoms with Crippen molar-refractivity contribution in [2.45, 2.75) is 31.7 Å². The molecule has 1 aromatic carbocycles. The van der Waals surface area contributed by atoms with Crippen molar-refractivity contribution in [1.29, 1.82) is 0 Å². The van der Waals surface area contributed by atoms with E-state index in [0.717, 1.165) is 27.8 Å². The monoisotopic (exact) mass is 443 g/mol. The van der Waals surface area contributed by atoms with Gasteiger partial charge in [0, 0.05) is 40.8 Å². The third-order valence-corrected chi connectivity index (χ3v) is 5.94. The number of nitrogens with zero attached hydrogens (tertiary/aromatic N) is 3. The molecular weight excluding hydrogens is 418 g/mol. The van der Waals surface area contributed by atoms with Gasteiger partial charge in [-0.2, -0.15) is 5.10 Å². The van der Waals surface area contributed by atoms with Gasteiger partial charge in [0.05, 0.1) is 18.3 Å². The minimum atomic E-state index is -0.309. The standard InChI is InChI=1S/C24H25N7O2/c1-13(12-32)27-24(33)20-10-15-3-5-18(14(2)22(15)29-20)23-25-8-7-21(30-23)28-17-4-6-19-16(9-17)11-26-31-19/h3-11,13-14,18,29,32H,12H2,1-2H3,(H,26,31)(H,27,33)(H,25,28,30). The number of nitrogens with one attached hydrogen (secondary N) is 4. The number of aromatic nitrogens is 5. The van der Waals surface area contributed by atoms with Gasteiger partial charge in [-0.1, -0.05) is 19.1 Å². The van der Waals surface area contributed by atoms with Gasteiger partial charge >= 0.3 is 0 Å². The number of aliphatic hydroxyl groups excluding tert-OH is 1. The SMILES string of the molecule is CC(CO)NC(=O)c1cc2c([nH]1)C(C)C(c1nccc(Nc3ccc4[nH]ncc4c3)n1)C=C2. The predicted octanol–water partition coefficient (Wildman–Crippen LogP) is 3.45. The molecular formula is C24H25N7O2. The van der Waals surface area contributed by atoms with E-state index in [0.29, 0.717) is 17.3 Å². The fourth-order valence-electron chi connectivity index (χ4n) is 4.11. The summed E-state index contributed by atoms with van der Waals surface area (Å²) in [6, 6.07) is 9.32. The van der Waals surface area contributed by atoms with Crippen LogP contribution < -0.4 is 10.6 Å². The number of hydrogen-bond donors (Lipinski definition) is 5. The molecule has 168 valence electrons. The molecule has 1 aliphatic carbocycles. The number of carbonyl (C=O) groups is 1. The second kappa shape index (κ2) is 8.51. The highest BCUT2D eigenvalue weighted by molar-refractivity contribution is 5.93. The Balaban J connectivity index is 1.36. The van der Waals surface area contributed by atoms with E-state index < -0.39 is 0 Å². The first-order valence-corrected chi connectivity index (χ1v) is 10.9. The number of anilines is 2. The van der Waals surface area contributed by atoms with Crippen LogP contribution in [0.3, 0.4) is 0 Å². The summed E-state index contributed by atoms with van der Waals surface area (Å²) in [5.41, 5.74) is 4.31. The van der Waals surface area contributed by atoms with Gasteiger partial charge in [-0.05, 0) is 42.8 Å². The number of benzene rings is 1. The number of H-pyrrole nitrogens is 2. The Labute approximate surface area is 190 Å². The zero-order chi connectivity index (χ0) is 22.9. The lowest BCUT2D eigenvalue weighted by molar-refractivity contribution is 0.0917. The summed E-state index contributed by atoms with van der Waals surface area (Å²) in [4.78, 5) is 25.0. The zero-order valence-electron chi connectivity index (χ0n) is 18.3. The average Bonchev–Trinajstić information content (AvgIpc) is 3.46. The van der Waals surface area contributed by atoms with E-state index in [1.54, 1.807) is 19.3 Å². The first kappa shape index (κ1) is 20.9. The minimum absolute atomic E-state index is 0.0402. The van der Waals surface area contributed by atoms with Crippen LogP contribution in [0.4, 0.5) is 11.5 Å². The molecule has 1 aliphatic rings. The van der Waals surface area contributed by atoms with Crippen LogP contribution in [-0.4, -0.2) is 48.8 Å². The molecule has 9 nitrogen and oxygen atoms in total. The van der Waals surface area contributed by atoms with E-state index in [1.807, 2.05) is 36.4 Å². The normalized spacial score (nSPS) is 18.2. The van der Waals surface area contributed by atoms with E-state index in [-0.39, 0.29) is 30.4 Å². The van der Waals surface area contributed by atoms with Gasteiger partial charge < -0.3 is 20.7 Å². The van der Waals surface area contributed by atoms with Crippen LogP contribution in [0.1, 0.15) is 53.3 Å². The van der Waals surface area contributed by atoms with Crippen LogP contribution in [-0.2, 0) is 0 Å². The van der Waals surface area contributed by atoms with Crippen molar-refractivity contribution in [3.63, 3.8) is 0 Å². The minimum Gasteiger partial charge on any atom is -0.394 e. The second-order valence-corrected chi connectivity index (χ2v) is 8.38. The van der Waals surface area contributed by atoms with Gasteiger partial charge in [0.15, 0.2) is 0 Å². The number of fused-ring (bicyclic) bond motifs is 2. The lowest BCUT2D eigenvalue weighted by Gasteiger charge is -2.23.